The van der Waals surface area contributed by atoms with E-state index in [1.54, 1.807) is 0 Å². The van der Waals surface area contributed by atoms with Crippen molar-refractivity contribution >= 4 is 11.8 Å². The maximum Gasteiger partial charge on any atom is 0.410 e. The number of fused-ring (bicyclic) bond motifs is 3. The number of carbonyl (C=O) groups is 1. The van der Waals surface area contributed by atoms with E-state index in [9.17, 15) is 4.79 Å². The van der Waals surface area contributed by atoms with E-state index >= 15 is 0 Å². The maximum atomic E-state index is 12.7. The van der Waals surface area contributed by atoms with Gasteiger partial charge in [-0.1, -0.05) is 54.6 Å². The van der Waals surface area contributed by atoms with Crippen molar-refractivity contribution in [3.05, 3.63) is 83.1 Å². The summed E-state index contributed by atoms with van der Waals surface area (Å²) in [6.07, 6.45) is 18.5. The summed E-state index contributed by atoms with van der Waals surface area (Å²) in [7, 11) is 0. The lowest BCUT2D eigenvalue weighted by Gasteiger charge is -2.65. The zero-order chi connectivity index (χ0) is 22.0. The number of piperidine rings is 1. The molecule has 5 aliphatic carbocycles. The summed E-state index contributed by atoms with van der Waals surface area (Å²) < 4.78 is 5.60. The van der Waals surface area contributed by atoms with E-state index in [-0.39, 0.29) is 11.5 Å². The zero-order valence-electron chi connectivity index (χ0n) is 19.0. The van der Waals surface area contributed by atoms with Gasteiger partial charge >= 0.3 is 6.09 Å². The molecule has 1 atom stereocenters. The van der Waals surface area contributed by atoms with E-state index in [0.29, 0.717) is 17.9 Å². The van der Waals surface area contributed by atoms with Crippen LogP contribution in [0, 0.1) is 22.7 Å². The first-order chi connectivity index (χ1) is 16.2. The molecule has 1 amide bonds. The molecule has 33 heavy (non-hydrogen) atoms. The monoisotopic (exact) mass is 438 g/mol. The molecule has 0 aromatic heterocycles. The minimum atomic E-state index is -0.199. The van der Waals surface area contributed by atoms with Gasteiger partial charge < -0.3 is 9.64 Å². The van der Waals surface area contributed by atoms with Crippen molar-refractivity contribution in [3.63, 3.8) is 0 Å². The van der Waals surface area contributed by atoms with E-state index in [0.717, 1.165) is 43.8 Å². The fourth-order valence-corrected chi connectivity index (χ4v) is 7.23. The molecular weight excluding hydrogens is 408 g/mol. The van der Waals surface area contributed by atoms with Crippen LogP contribution in [0.5, 0.6) is 0 Å². The molecule has 4 nitrogen and oxygen atoms in total. The number of nitrogens with zero attached hydrogens (tertiary/aromatic N) is 2. The van der Waals surface area contributed by atoms with Gasteiger partial charge in [0, 0.05) is 24.4 Å². The average molecular weight is 439 g/mol. The fraction of sp³-hybridized carbons (Fsp3) is 0.448. The number of rotatable bonds is 3. The lowest BCUT2D eigenvalue weighted by Crippen LogP contribution is -2.58. The van der Waals surface area contributed by atoms with E-state index in [4.69, 9.17) is 9.73 Å². The highest BCUT2D eigenvalue weighted by Gasteiger charge is 2.62. The van der Waals surface area contributed by atoms with Gasteiger partial charge in [-0.15, -0.1) is 0 Å². The second kappa shape index (κ2) is 7.06. The predicted octanol–water partition coefficient (Wildman–Crippen LogP) is 5.99. The number of ether oxygens (including phenoxy) is 1. The quantitative estimate of drug-likeness (QED) is 0.544. The third-order valence-corrected chi connectivity index (χ3v) is 9.08. The van der Waals surface area contributed by atoms with Crippen molar-refractivity contribution in [2.24, 2.45) is 27.7 Å². The molecule has 7 aliphatic rings. The molecule has 168 valence electrons. The molecule has 8 rings (SSSR count). The summed E-state index contributed by atoms with van der Waals surface area (Å²) in [5, 5.41) is 0. The summed E-state index contributed by atoms with van der Waals surface area (Å²) >= 11 is 0. The van der Waals surface area contributed by atoms with Gasteiger partial charge in [-0.05, 0) is 72.6 Å². The highest BCUT2D eigenvalue weighted by Crippen LogP contribution is 2.70. The standard InChI is InChI=1S/C29H30N2O2/c32-27(33-19-20-6-2-1-3-7-20)31-14-12-28(13-15-31)11-5-10-24-25(28)22-8-4-9-23(26(22)30-24)29-16-21(17-29)18-29/h1-7,9-11,21,23H,8,12-19H2. The van der Waals surface area contributed by atoms with Crippen LogP contribution in [0.4, 0.5) is 4.79 Å². The number of hydrogen-bond donors (Lipinski definition) is 0. The third-order valence-electron chi connectivity index (χ3n) is 9.08. The SMILES string of the molecule is O=C(OCc1ccccc1)N1CCC2(C=CC=C3N=C4C(=C32)CC=CC4C23CC(C2)C3)CC1. The molecule has 1 unspecified atom stereocenters. The van der Waals surface area contributed by atoms with Gasteiger partial charge in [0.1, 0.15) is 6.61 Å². The first kappa shape index (κ1) is 19.6. The molecular formula is C29H30N2O2. The Balaban J connectivity index is 1.09. The van der Waals surface area contributed by atoms with Crippen molar-refractivity contribution in [2.75, 3.05) is 13.1 Å². The number of amides is 1. The van der Waals surface area contributed by atoms with Crippen LogP contribution in [0.15, 0.2) is 82.5 Å². The summed E-state index contributed by atoms with van der Waals surface area (Å²) in [6.45, 7) is 1.78. The first-order valence-corrected chi connectivity index (χ1v) is 12.5. The molecule has 0 radical (unpaired) electrons. The molecule has 0 N–H and O–H groups in total. The van der Waals surface area contributed by atoms with Crippen molar-refractivity contribution in [3.8, 4) is 0 Å². The number of likely N-dealkylation sites (tertiary alicyclic amines) is 1. The Kier molecular flexibility index (Phi) is 4.19. The lowest BCUT2D eigenvalue weighted by molar-refractivity contribution is -0.121. The Morgan fingerprint density at radius 3 is 2.64 bits per heavy atom. The molecule has 3 saturated carbocycles. The smallest absolute Gasteiger partial charge is 0.410 e. The van der Waals surface area contributed by atoms with Crippen LogP contribution in [-0.4, -0.2) is 29.8 Å². The average Bonchev–Trinajstić information content (AvgIpc) is 3.18. The maximum absolute atomic E-state index is 12.7. The summed E-state index contributed by atoms with van der Waals surface area (Å²) in [5.41, 5.74) is 7.02. The number of allylic oxidation sites excluding steroid dienone is 7. The van der Waals surface area contributed by atoms with E-state index in [2.05, 4.69) is 30.4 Å². The van der Waals surface area contributed by atoms with Crippen LogP contribution in [0.3, 0.4) is 0 Å². The van der Waals surface area contributed by atoms with Crippen molar-refractivity contribution in [2.45, 2.75) is 45.1 Å². The number of aliphatic imine (C=N–C) groups is 1. The minimum Gasteiger partial charge on any atom is -0.445 e. The zero-order valence-corrected chi connectivity index (χ0v) is 19.0. The summed E-state index contributed by atoms with van der Waals surface area (Å²) in [6, 6.07) is 9.90. The van der Waals surface area contributed by atoms with Gasteiger partial charge in [-0.3, -0.25) is 4.99 Å². The minimum absolute atomic E-state index is 0.00393. The Bertz CT molecular complexity index is 1140. The Morgan fingerprint density at radius 2 is 1.91 bits per heavy atom. The van der Waals surface area contributed by atoms with Crippen LogP contribution in [0.2, 0.25) is 0 Å². The first-order valence-electron chi connectivity index (χ1n) is 12.5. The second-order valence-electron chi connectivity index (χ2n) is 10.9. The summed E-state index contributed by atoms with van der Waals surface area (Å²) in [4.78, 5) is 19.9. The Labute approximate surface area is 195 Å². The predicted molar refractivity (Wildman–Crippen MR) is 129 cm³/mol. The Hall–Kier alpha value is -2.88. The second-order valence-corrected chi connectivity index (χ2v) is 10.9. The third kappa shape index (κ3) is 2.89. The molecule has 2 bridgehead atoms. The molecule has 2 heterocycles. The van der Waals surface area contributed by atoms with Crippen molar-refractivity contribution in [1.82, 2.24) is 4.90 Å². The van der Waals surface area contributed by atoms with E-state index in [1.165, 1.54) is 41.8 Å². The fourth-order valence-electron chi connectivity index (χ4n) is 7.23. The molecule has 1 aromatic carbocycles. The van der Waals surface area contributed by atoms with Gasteiger partial charge in [0.2, 0.25) is 0 Å². The lowest BCUT2D eigenvalue weighted by atomic mass is 9.39. The van der Waals surface area contributed by atoms with Crippen molar-refractivity contribution < 1.29 is 9.53 Å². The Morgan fingerprint density at radius 1 is 1.12 bits per heavy atom. The normalized spacial score (nSPS) is 32.4. The number of carbonyl (C=O) groups excluding carboxylic acids is 1. The largest absolute Gasteiger partial charge is 0.445 e. The van der Waals surface area contributed by atoms with E-state index < -0.39 is 0 Å². The van der Waals surface area contributed by atoms with Gasteiger partial charge in [0.15, 0.2) is 0 Å². The molecule has 4 fully saturated rings. The highest BCUT2D eigenvalue weighted by molar-refractivity contribution is 6.09. The van der Waals surface area contributed by atoms with Gasteiger partial charge in [0.25, 0.3) is 0 Å². The van der Waals surface area contributed by atoms with Crippen LogP contribution < -0.4 is 0 Å². The number of hydrogen-bond acceptors (Lipinski definition) is 3. The van der Waals surface area contributed by atoms with Crippen molar-refractivity contribution in [1.29, 1.82) is 0 Å². The summed E-state index contributed by atoms with van der Waals surface area (Å²) in [5.74, 6) is 1.49. The molecule has 1 spiro atoms. The van der Waals surface area contributed by atoms with Crippen LogP contribution in [0.1, 0.15) is 44.1 Å². The molecule has 4 heteroatoms. The van der Waals surface area contributed by atoms with Gasteiger partial charge in [-0.25, -0.2) is 4.79 Å². The van der Waals surface area contributed by atoms with Crippen LogP contribution >= 0.6 is 0 Å². The molecule has 2 aliphatic heterocycles. The van der Waals surface area contributed by atoms with E-state index in [1.807, 2.05) is 35.2 Å². The van der Waals surface area contributed by atoms with Crippen LogP contribution in [0.25, 0.3) is 0 Å². The number of benzene rings is 1. The van der Waals surface area contributed by atoms with Gasteiger partial charge in [0.05, 0.1) is 11.4 Å². The highest BCUT2D eigenvalue weighted by atomic mass is 16.6. The molecule has 1 saturated heterocycles. The van der Waals surface area contributed by atoms with Crippen LogP contribution in [-0.2, 0) is 11.3 Å². The molecule has 1 aromatic rings. The van der Waals surface area contributed by atoms with Gasteiger partial charge in [-0.2, -0.15) is 0 Å². The topological polar surface area (TPSA) is 41.9 Å².